The van der Waals surface area contributed by atoms with Gasteiger partial charge in [-0.15, -0.1) is 0 Å². The molecule has 4 rings (SSSR count). The lowest BCUT2D eigenvalue weighted by atomic mass is 10.1. The zero-order valence-electron chi connectivity index (χ0n) is 17.9. The fraction of sp³-hybridized carbons (Fsp3) is 0.292. The molecule has 0 bridgehead atoms. The summed E-state index contributed by atoms with van der Waals surface area (Å²) in [6.07, 6.45) is 0.426. The van der Waals surface area contributed by atoms with Gasteiger partial charge < -0.3 is 10.2 Å². The van der Waals surface area contributed by atoms with Crippen LogP contribution in [-0.2, 0) is 17.9 Å². The number of nitrogens with one attached hydrogen (secondary N) is 1. The molecular formula is C24H27N5O2. The molecule has 0 unspecified atom stereocenters. The second-order valence-corrected chi connectivity index (χ2v) is 7.96. The van der Waals surface area contributed by atoms with Crippen molar-refractivity contribution < 1.29 is 9.59 Å². The summed E-state index contributed by atoms with van der Waals surface area (Å²) in [6, 6.07) is 19.4. The Labute approximate surface area is 182 Å². The van der Waals surface area contributed by atoms with Crippen LogP contribution in [0.5, 0.6) is 0 Å². The number of likely N-dealkylation sites (N-methyl/N-ethyl adjacent to an activating group) is 1. The van der Waals surface area contributed by atoms with Crippen LogP contribution in [0, 0.1) is 0 Å². The molecule has 2 aromatic carbocycles. The highest BCUT2D eigenvalue weighted by molar-refractivity contribution is 5.95. The number of carbonyl (C=O) groups excluding carboxylic acids is 2. The number of aromatic nitrogens is 2. The lowest BCUT2D eigenvalue weighted by molar-refractivity contribution is -0.119. The molecule has 7 heteroatoms. The fourth-order valence-corrected chi connectivity index (χ4v) is 3.61. The normalized spacial score (nSPS) is 13.4. The molecule has 2 heterocycles. The first-order valence-electron chi connectivity index (χ1n) is 10.5. The van der Waals surface area contributed by atoms with Crippen LogP contribution in [0.3, 0.4) is 0 Å². The molecule has 0 spiro atoms. The molecule has 0 saturated carbocycles. The Bertz CT molecular complexity index is 1060. The van der Waals surface area contributed by atoms with Crippen LogP contribution in [0.1, 0.15) is 22.3 Å². The fourth-order valence-electron chi connectivity index (χ4n) is 3.61. The molecule has 0 aliphatic carbocycles. The average Bonchev–Trinajstić information content (AvgIpc) is 3.21. The van der Waals surface area contributed by atoms with E-state index in [2.05, 4.69) is 5.32 Å². The molecule has 0 atom stereocenters. The van der Waals surface area contributed by atoms with Crippen molar-refractivity contribution in [2.75, 3.05) is 32.1 Å². The summed E-state index contributed by atoms with van der Waals surface area (Å²) < 4.78 is 1.90. The SMILES string of the molecule is CN(C)CCNC(=O)c1ccc(CN2C(=O)CCn3nc(-c4ccccc4)cc32)cc1. The molecule has 0 saturated heterocycles. The van der Waals surface area contributed by atoms with E-state index in [1.807, 2.05) is 72.2 Å². The quantitative estimate of drug-likeness (QED) is 0.642. The Hall–Kier alpha value is -3.45. The van der Waals surface area contributed by atoms with Gasteiger partial charge in [0.05, 0.1) is 18.8 Å². The number of nitrogens with zero attached hydrogens (tertiary/aromatic N) is 4. The predicted octanol–water partition coefficient (Wildman–Crippen LogP) is 2.78. The van der Waals surface area contributed by atoms with E-state index < -0.39 is 0 Å². The minimum Gasteiger partial charge on any atom is -0.351 e. The first kappa shape index (κ1) is 20.8. The van der Waals surface area contributed by atoms with Crippen molar-refractivity contribution in [3.05, 3.63) is 71.8 Å². The summed E-state index contributed by atoms with van der Waals surface area (Å²) >= 11 is 0. The van der Waals surface area contributed by atoms with E-state index in [0.29, 0.717) is 31.6 Å². The third-order valence-electron chi connectivity index (χ3n) is 5.34. The van der Waals surface area contributed by atoms with Gasteiger partial charge in [-0.05, 0) is 31.8 Å². The maximum atomic E-state index is 12.7. The molecule has 1 N–H and O–H groups in total. The Morgan fingerprint density at radius 1 is 1.10 bits per heavy atom. The largest absolute Gasteiger partial charge is 0.351 e. The zero-order valence-corrected chi connectivity index (χ0v) is 17.9. The molecular weight excluding hydrogens is 390 g/mol. The second kappa shape index (κ2) is 9.14. The summed E-state index contributed by atoms with van der Waals surface area (Å²) in [4.78, 5) is 28.7. The molecule has 1 aliphatic heterocycles. The van der Waals surface area contributed by atoms with Gasteiger partial charge in [-0.3, -0.25) is 14.5 Å². The van der Waals surface area contributed by atoms with E-state index in [-0.39, 0.29) is 11.8 Å². The molecule has 2 amide bonds. The van der Waals surface area contributed by atoms with Crippen LogP contribution in [0.15, 0.2) is 60.7 Å². The molecule has 0 radical (unpaired) electrons. The number of rotatable bonds is 7. The number of fused-ring (bicyclic) bond motifs is 1. The van der Waals surface area contributed by atoms with Gasteiger partial charge in [0.25, 0.3) is 5.91 Å². The first-order valence-corrected chi connectivity index (χ1v) is 10.5. The van der Waals surface area contributed by atoms with Gasteiger partial charge >= 0.3 is 0 Å². The average molecular weight is 418 g/mol. The van der Waals surface area contributed by atoms with Crippen LogP contribution >= 0.6 is 0 Å². The monoisotopic (exact) mass is 417 g/mol. The van der Waals surface area contributed by atoms with E-state index in [4.69, 9.17) is 5.10 Å². The number of aryl methyl sites for hydroxylation is 1. The van der Waals surface area contributed by atoms with E-state index in [1.54, 1.807) is 17.0 Å². The lowest BCUT2D eigenvalue weighted by Crippen LogP contribution is -2.37. The van der Waals surface area contributed by atoms with Crippen molar-refractivity contribution in [2.24, 2.45) is 0 Å². The number of hydrogen-bond donors (Lipinski definition) is 1. The van der Waals surface area contributed by atoms with Gasteiger partial charge in [0.2, 0.25) is 5.91 Å². The van der Waals surface area contributed by atoms with Gasteiger partial charge in [0.1, 0.15) is 5.82 Å². The number of hydrogen-bond acceptors (Lipinski definition) is 4. The topological polar surface area (TPSA) is 70.5 Å². The van der Waals surface area contributed by atoms with Gasteiger partial charge in [0, 0.05) is 36.7 Å². The lowest BCUT2D eigenvalue weighted by Gasteiger charge is -2.27. The van der Waals surface area contributed by atoms with Crippen LogP contribution in [0.25, 0.3) is 11.3 Å². The maximum Gasteiger partial charge on any atom is 0.251 e. The van der Waals surface area contributed by atoms with Crippen molar-refractivity contribution >= 4 is 17.6 Å². The number of carbonyl (C=O) groups is 2. The van der Waals surface area contributed by atoms with Crippen LogP contribution in [-0.4, -0.2) is 53.7 Å². The zero-order chi connectivity index (χ0) is 21.8. The van der Waals surface area contributed by atoms with Gasteiger partial charge in [-0.1, -0.05) is 42.5 Å². The third-order valence-corrected chi connectivity index (χ3v) is 5.34. The molecule has 0 fully saturated rings. The number of benzene rings is 2. The number of amides is 2. The van der Waals surface area contributed by atoms with E-state index >= 15 is 0 Å². The number of anilines is 1. The second-order valence-electron chi connectivity index (χ2n) is 7.96. The summed E-state index contributed by atoms with van der Waals surface area (Å²) in [5.41, 5.74) is 3.47. The maximum absolute atomic E-state index is 12.7. The summed E-state index contributed by atoms with van der Waals surface area (Å²) in [6.45, 7) is 2.42. The van der Waals surface area contributed by atoms with Crippen LogP contribution < -0.4 is 10.2 Å². The molecule has 1 aromatic heterocycles. The van der Waals surface area contributed by atoms with Crippen molar-refractivity contribution in [3.63, 3.8) is 0 Å². The van der Waals surface area contributed by atoms with Gasteiger partial charge in [0.15, 0.2) is 0 Å². The minimum absolute atomic E-state index is 0.0810. The van der Waals surface area contributed by atoms with E-state index in [0.717, 1.165) is 29.2 Å². The molecule has 3 aromatic rings. The Morgan fingerprint density at radius 2 is 1.84 bits per heavy atom. The van der Waals surface area contributed by atoms with Crippen LogP contribution in [0.4, 0.5) is 5.82 Å². The molecule has 31 heavy (non-hydrogen) atoms. The van der Waals surface area contributed by atoms with E-state index in [1.165, 1.54) is 0 Å². The highest BCUT2D eigenvalue weighted by atomic mass is 16.2. The molecule has 1 aliphatic rings. The Kier molecular flexibility index (Phi) is 6.13. The summed E-state index contributed by atoms with van der Waals surface area (Å²) in [5.74, 6) is 0.797. The minimum atomic E-state index is -0.0898. The summed E-state index contributed by atoms with van der Waals surface area (Å²) in [5, 5.41) is 7.60. The highest BCUT2D eigenvalue weighted by Crippen LogP contribution is 2.29. The molecule has 160 valence electrons. The van der Waals surface area contributed by atoms with Crippen molar-refractivity contribution in [2.45, 2.75) is 19.5 Å². The van der Waals surface area contributed by atoms with Crippen molar-refractivity contribution in [1.82, 2.24) is 20.0 Å². The predicted molar refractivity (Wildman–Crippen MR) is 121 cm³/mol. The van der Waals surface area contributed by atoms with Gasteiger partial charge in [-0.2, -0.15) is 5.10 Å². The van der Waals surface area contributed by atoms with Crippen molar-refractivity contribution in [1.29, 1.82) is 0 Å². The van der Waals surface area contributed by atoms with E-state index in [9.17, 15) is 9.59 Å². The summed E-state index contributed by atoms with van der Waals surface area (Å²) in [7, 11) is 3.94. The third kappa shape index (κ3) is 4.83. The van der Waals surface area contributed by atoms with Crippen molar-refractivity contribution in [3.8, 4) is 11.3 Å². The smallest absolute Gasteiger partial charge is 0.251 e. The Balaban J connectivity index is 1.48. The van der Waals surface area contributed by atoms with Crippen LogP contribution in [0.2, 0.25) is 0 Å². The standard InChI is InChI=1S/C24H27N5O2/c1-27(2)15-13-25-24(31)20-10-8-18(9-11-20)17-28-22-16-21(19-6-4-3-5-7-19)26-29(22)14-12-23(28)30/h3-11,16H,12-15,17H2,1-2H3,(H,25,31). The first-order chi connectivity index (χ1) is 15.0. The van der Waals surface area contributed by atoms with Gasteiger partial charge in [-0.25, -0.2) is 4.68 Å². The highest BCUT2D eigenvalue weighted by Gasteiger charge is 2.26. The molecule has 7 nitrogen and oxygen atoms in total. The Morgan fingerprint density at radius 3 is 2.55 bits per heavy atom.